The van der Waals surface area contributed by atoms with Gasteiger partial charge in [-0.1, -0.05) is 236 Å². The first-order chi connectivity index (χ1) is 29.9. The Kier molecular flexibility index (Phi) is 19.0. The Labute approximate surface area is 385 Å². The molecule has 0 amide bonds. The first-order valence-electron chi connectivity index (χ1n) is 21.9. The Morgan fingerprint density at radius 2 is 0.661 bits per heavy atom. The standard InChI is InChI=1S/2C28H34OSSi/c2*1-5-24(22-30-23-25-15-9-6-10-16-25)21-29-31(28(2,3)4,26-17-11-7-12-18-26)27-19-13-8-14-20-27/h2*5-20,24H,1,21-23H2,2-4H3/t2*24-/m10/s1. The van der Waals surface area contributed by atoms with Crippen molar-refractivity contribution >= 4 is 60.9 Å². The minimum Gasteiger partial charge on any atom is -0.407 e. The highest BCUT2D eigenvalue weighted by Crippen LogP contribution is 2.38. The van der Waals surface area contributed by atoms with Crippen molar-refractivity contribution in [2.24, 2.45) is 11.8 Å². The molecule has 0 N–H and O–H groups in total. The van der Waals surface area contributed by atoms with E-state index in [0.29, 0.717) is 25.0 Å². The fourth-order valence-electron chi connectivity index (χ4n) is 8.16. The first-order valence-corrected chi connectivity index (χ1v) is 28.1. The van der Waals surface area contributed by atoms with Crippen LogP contribution in [0.1, 0.15) is 52.7 Å². The van der Waals surface area contributed by atoms with Gasteiger partial charge in [-0.25, -0.2) is 0 Å². The fourth-order valence-corrected chi connectivity index (χ4v) is 19.6. The minimum absolute atomic E-state index is 0.00138. The lowest BCUT2D eigenvalue weighted by molar-refractivity contribution is 0.270. The second-order valence-corrected chi connectivity index (χ2v) is 28.6. The highest BCUT2D eigenvalue weighted by Gasteiger charge is 2.51. The third kappa shape index (κ3) is 13.0. The van der Waals surface area contributed by atoms with Crippen molar-refractivity contribution in [3.8, 4) is 0 Å². The van der Waals surface area contributed by atoms with Crippen LogP contribution in [-0.4, -0.2) is 41.4 Å². The molecule has 0 bridgehead atoms. The van der Waals surface area contributed by atoms with Gasteiger partial charge in [0.25, 0.3) is 16.6 Å². The van der Waals surface area contributed by atoms with E-state index in [4.69, 9.17) is 8.85 Å². The molecule has 0 spiro atoms. The Morgan fingerprint density at radius 1 is 0.419 bits per heavy atom. The molecule has 0 aliphatic rings. The van der Waals surface area contributed by atoms with Crippen LogP contribution in [0, 0.1) is 11.8 Å². The number of thioether (sulfide) groups is 2. The summed E-state index contributed by atoms with van der Waals surface area (Å²) >= 11 is 3.91. The molecule has 2 atom stereocenters. The van der Waals surface area contributed by atoms with Gasteiger partial charge in [-0.05, 0) is 42.0 Å². The van der Waals surface area contributed by atoms with Crippen LogP contribution in [0.4, 0.5) is 0 Å². The molecule has 6 aromatic rings. The summed E-state index contributed by atoms with van der Waals surface area (Å²) in [4.78, 5) is 0. The molecule has 0 unspecified atom stereocenters. The summed E-state index contributed by atoms with van der Waals surface area (Å²) in [6.45, 7) is 23.6. The highest BCUT2D eigenvalue weighted by atomic mass is 32.2. The van der Waals surface area contributed by atoms with Gasteiger partial charge in [0.1, 0.15) is 0 Å². The molecule has 0 aromatic heterocycles. The fraction of sp³-hybridized carbons (Fsp3) is 0.286. The van der Waals surface area contributed by atoms with Crippen molar-refractivity contribution in [3.05, 3.63) is 218 Å². The number of hydrogen-bond donors (Lipinski definition) is 0. The van der Waals surface area contributed by atoms with E-state index >= 15 is 0 Å². The molecule has 0 aliphatic heterocycles. The van der Waals surface area contributed by atoms with E-state index in [1.54, 1.807) is 0 Å². The summed E-state index contributed by atoms with van der Waals surface area (Å²) in [7, 11) is -4.98. The Morgan fingerprint density at radius 3 is 0.887 bits per heavy atom. The van der Waals surface area contributed by atoms with Crippen LogP contribution < -0.4 is 20.7 Å². The molecule has 324 valence electrons. The summed E-state index contributed by atoms with van der Waals surface area (Å²) in [6, 6.07) is 64.7. The highest BCUT2D eigenvalue weighted by molar-refractivity contribution is 7.98. The second-order valence-electron chi connectivity index (χ2n) is 17.9. The van der Waals surface area contributed by atoms with Crippen LogP contribution in [0.25, 0.3) is 0 Å². The number of hydrogen-bond acceptors (Lipinski definition) is 4. The van der Waals surface area contributed by atoms with Crippen LogP contribution in [0.5, 0.6) is 0 Å². The average Bonchev–Trinajstić information content (AvgIpc) is 3.29. The minimum atomic E-state index is -2.49. The van der Waals surface area contributed by atoms with Gasteiger partial charge in [0.15, 0.2) is 0 Å². The van der Waals surface area contributed by atoms with Gasteiger partial charge >= 0.3 is 0 Å². The molecule has 0 radical (unpaired) electrons. The quantitative estimate of drug-likeness (QED) is 0.0561. The molecular formula is C56H68O2S2Si2. The predicted molar refractivity (Wildman–Crippen MR) is 280 cm³/mol. The van der Waals surface area contributed by atoms with E-state index in [2.05, 4.69) is 249 Å². The van der Waals surface area contributed by atoms with Crippen molar-refractivity contribution in [1.82, 2.24) is 0 Å². The number of rotatable bonds is 20. The maximum absolute atomic E-state index is 7.08. The zero-order valence-corrected chi connectivity index (χ0v) is 41.6. The normalized spacial score (nSPS) is 13.0. The van der Waals surface area contributed by atoms with Crippen LogP contribution in [0.3, 0.4) is 0 Å². The first kappa shape index (κ1) is 48.9. The summed E-state index contributed by atoms with van der Waals surface area (Å²) in [6.07, 6.45) is 4.13. The van der Waals surface area contributed by atoms with Crippen molar-refractivity contribution < 1.29 is 8.85 Å². The third-order valence-corrected chi connectivity index (χ3v) is 23.8. The average molecular weight is 893 g/mol. The summed E-state index contributed by atoms with van der Waals surface area (Å²) in [5.74, 6) is 4.69. The van der Waals surface area contributed by atoms with Crippen LogP contribution in [-0.2, 0) is 20.4 Å². The molecule has 2 nitrogen and oxygen atoms in total. The SMILES string of the molecule is C=C[C@@H](CO[Si](c1ccccc1)(c1ccccc1)C(C)(C)C)CSCc1ccccc1.C=C[C@H](CO[Si](c1ccccc1)(c1ccccc1)C(C)(C)C)CSCc1ccccc1. The largest absolute Gasteiger partial charge is 0.407 e. The molecule has 6 heteroatoms. The monoisotopic (exact) mass is 892 g/mol. The molecule has 0 aliphatic carbocycles. The summed E-state index contributed by atoms with van der Waals surface area (Å²) in [5.41, 5.74) is 2.73. The third-order valence-electron chi connectivity index (χ3n) is 11.4. The molecule has 6 rings (SSSR count). The summed E-state index contributed by atoms with van der Waals surface area (Å²) < 4.78 is 14.2. The zero-order valence-electron chi connectivity index (χ0n) is 37.9. The van der Waals surface area contributed by atoms with Gasteiger partial charge in [-0.3, -0.25) is 0 Å². The van der Waals surface area contributed by atoms with E-state index in [0.717, 1.165) is 23.0 Å². The Bertz CT molecular complexity index is 1920. The Hall–Kier alpha value is -4.15. The van der Waals surface area contributed by atoms with Gasteiger partial charge in [-0.2, -0.15) is 23.5 Å². The van der Waals surface area contributed by atoms with Crippen molar-refractivity contribution in [2.45, 2.75) is 63.1 Å². The second kappa shape index (κ2) is 24.1. The maximum atomic E-state index is 7.08. The maximum Gasteiger partial charge on any atom is 0.261 e. The van der Waals surface area contributed by atoms with Crippen LogP contribution >= 0.6 is 23.5 Å². The number of benzene rings is 6. The summed E-state index contributed by atoms with van der Waals surface area (Å²) in [5, 5.41) is 5.31. The zero-order chi connectivity index (χ0) is 44.3. The van der Waals surface area contributed by atoms with Gasteiger partial charge in [0.2, 0.25) is 0 Å². The van der Waals surface area contributed by atoms with Gasteiger partial charge in [0, 0.05) is 48.1 Å². The molecule has 0 fully saturated rings. The van der Waals surface area contributed by atoms with Gasteiger partial charge < -0.3 is 8.85 Å². The van der Waals surface area contributed by atoms with Crippen molar-refractivity contribution in [1.29, 1.82) is 0 Å². The molecule has 0 saturated carbocycles. The molecule has 0 heterocycles. The lowest BCUT2D eigenvalue weighted by Gasteiger charge is -2.43. The van der Waals surface area contributed by atoms with Gasteiger partial charge in [-0.15, -0.1) is 13.2 Å². The van der Waals surface area contributed by atoms with E-state index < -0.39 is 16.6 Å². The van der Waals surface area contributed by atoms with E-state index in [-0.39, 0.29) is 10.1 Å². The lowest BCUT2D eigenvalue weighted by atomic mass is 10.2. The lowest BCUT2D eigenvalue weighted by Crippen LogP contribution is -2.66. The predicted octanol–water partition coefficient (Wildman–Crippen LogP) is 12.6. The van der Waals surface area contributed by atoms with Gasteiger partial charge in [0.05, 0.1) is 0 Å². The van der Waals surface area contributed by atoms with Crippen molar-refractivity contribution in [2.75, 3.05) is 24.7 Å². The van der Waals surface area contributed by atoms with E-state index in [1.165, 1.54) is 31.9 Å². The molecule has 0 saturated heterocycles. The van der Waals surface area contributed by atoms with E-state index in [1.807, 2.05) is 23.5 Å². The molecular weight excluding hydrogens is 825 g/mol. The smallest absolute Gasteiger partial charge is 0.261 e. The van der Waals surface area contributed by atoms with Crippen LogP contribution in [0.15, 0.2) is 207 Å². The van der Waals surface area contributed by atoms with E-state index in [9.17, 15) is 0 Å². The van der Waals surface area contributed by atoms with Crippen LogP contribution in [0.2, 0.25) is 10.1 Å². The molecule has 62 heavy (non-hydrogen) atoms. The van der Waals surface area contributed by atoms with Crippen molar-refractivity contribution in [3.63, 3.8) is 0 Å². The molecule has 6 aromatic carbocycles. The topological polar surface area (TPSA) is 18.5 Å². The Balaban J connectivity index is 0.000000234.